The Bertz CT molecular complexity index is 574. The molecule has 98 valence electrons. The number of nitrogens with one attached hydrogen (secondary N) is 1. The minimum atomic E-state index is 0.0630. The first kappa shape index (κ1) is 13.1. The van der Waals surface area contributed by atoms with Gasteiger partial charge >= 0.3 is 0 Å². The first-order valence-electron chi connectivity index (χ1n) is 6.22. The maximum absolute atomic E-state index is 11.6. The van der Waals surface area contributed by atoms with E-state index in [9.17, 15) is 4.79 Å². The Morgan fingerprint density at radius 1 is 1.00 bits per heavy atom. The number of rotatable bonds is 4. The number of Topliss-reactive ketones (excluding diaryl/α,β-unsaturated/α-hetero) is 1. The smallest absolute Gasteiger partial charge is 0.161 e. The monoisotopic (exact) mass is 254 g/mol. The van der Waals surface area contributed by atoms with Crippen LogP contribution in [0.3, 0.4) is 0 Å². The van der Waals surface area contributed by atoms with Crippen molar-refractivity contribution in [3.63, 3.8) is 0 Å². The number of para-hydroxylation sites is 1. The zero-order valence-corrected chi connectivity index (χ0v) is 11.5. The van der Waals surface area contributed by atoms with Gasteiger partial charge < -0.3 is 10.2 Å². The minimum Gasteiger partial charge on any atom is -0.378 e. The number of hydrogen-bond acceptors (Lipinski definition) is 3. The average molecular weight is 254 g/mol. The number of benzene rings is 2. The van der Waals surface area contributed by atoms with E-state index in [-0.39, 0.29) is 5.78 Å². The lowest BCUT2D eigenvalue weighted by molar-refractivity contribution is 0.101. The van der Waals surface area contributed by atoms with Gasteiger partial charge in [-0.05, 0) is 43.3 Å². The van der Waals surface area contributed by atoms with E-state index in [1.54, 1.807) is 6.92 Å². The van der Waals surface area contributed by atoms with E-state index in [1.165, 1.54) is 0 Å². The number of carbonyl (C=O) groups is 1. The van der Waals surface area contributed by atoms with E-state index in [4.69, 9.17) is 0 Å². The summed E-state index contributed by atoms with van der Waals surface area (Å²) in [6.45, 7) is 1.58. The third-order valence-corrected chi connectivity index (χ3v) is 2.97. The van der Waals surface area contributed by atoms with E-state index < -0.39 is 0 Å². The lowest BCUT2D eigenvalue weighted by atomic mass is 10.1. The summed E-state index contributed by atoms with van der Waals surface area (Å²) in [5, 5.41) is 3.28. The van der Waals surface area contributed by atoms with Gasteiger partial charge in [0.2, 0.25) is 0 Å². The molecule has 0 heterocycles. The van der Waals surface area contributed by atoms with Crippen LogP contribution in [0.5, 0.6) is 0 Å². The highest BCUT2D eigenvalue weighted by atomic mass is 16.1. The molecule has 0 bridgehead atoms. The Balaban J connectivity index is 2.24. The second-order valence-electron chi connectivity index (χ2n) is 4.67. The second-order valence-corrected chi connectivity index (χ2v) is 4.67. The van der Waals surface area contributed by atoms with Crippen molar-refractivity contribution in [2.24, 2.45) is 0 Å². The first-order valence-corrected chi connectivity index (χ1v) is 6.22. The highest BCUT2D eigenvalue weighted by Gasteiger charge is 2.06. The lowest BCUT2D eigenvalue weighted by Gasteiger charge is -2.14. The molecule has 2 aromatic carbocycles. The number of ketones is 1. The second kappa shape index (κ2) is 5.57. The molecule has 0 amide bonds. The van der Waals surface area contributed by atoms with Gasteiger partial charge in [0.25, 0.3) is 0 Å². The molecule has 0 atom stereocenters. The van der Waals surface area contributed by atoms with Gasteiger partial charge in [-0.2, -0.15) is 0 Å². The van der Waals surface area contributed by atoms with Crippen molar-refractivity contribution in [3.8, 4) is 0 Å². The zero-order valence-electron chi connectivity index (χ0n) is 11.5. The summed E-state index contributed by atoms with van der Waals surface area (Å²) in [6, 6.07) is 15.6. The molecule has 0 aromatic heterocycles. The molecule has 0 fully saturated rings. The average Bonchev–Trinajstić information content (AvgIpc) is 2.39. The van der Waals surface area contributed by atoms with Crippen LogP contribution >= 0.6 is 0 Å². The Morgan fingerprint density at radius 2 is 1.63 bits per heavy atom. The fraction of sp³-hybridized carbons (Fsp3) is 0.188. The van der Waals surface area contributed by atoms with Gasteiger partial charge in [-0.15, -0.1) is 0 Å². The Hall–Kier alpha value is -2.29. The molecule has 0 aliphatic rings. The van der Waals surface area contributed by atoms with Crippen molar-refractivity contribution >= 4 is 22.8 Å². The fourth-order valence-corrected chi connectivity index (χ4v) is 1.90. The van der Waals surface area contributed by atoms with Crippen LogP contribution in [-0.4, -0.2) is 19.9 Å². The van der Waals surface area contributed by atoms with Crippen molar-refractivity contribution < 1.29 is 4.79 Å². The van der Waals surface area contributed by atoms with Crippen LogP contribution in [0.1, 0.15) is 17.3 Å². The Kier molecular flexibility index (Phi) is 3.85. The molecule has 0 radical (unpaired) electrons. The number of nitrogens with zero attached hydrogens (tertiary/aromatic N) is 1. The van der Waals surface area contributed by atoms with Crippen LogP contribution in [-0.2, 0) is 0 Å². The highest BCUT2D eigenvalue weighted by Crippen LogP contribution is 2.23. The summed E-state index contributed by atoms with van der Waals surface area (Å²) in [5.41, 5.74) is 3.66. The van der Waals surface area contributed by atoms with Crippen molar-refractivity contribution in [2.45, 2.75) is 6.92 Å². The van der Waals surface area contributed by atoms with E-state index in [2.05, 4.69) is 5.32 Å². The van der Waals surface area contributed by atoms with Crippen molar-refractivity contribution in [1.29, 1.82) is 0 Å². The molecule has 0 aliphatic heterocycles. The van der Waals surface area contributed by atoms with Gasteiger partial charge in [-0.3, -0.25) is 4.79 Å². The summed E-state index contributed by atoms with van der Waals surface area (Å²) in [4.78, 5) is 13.6. The predicted molar refractivity (Wildman–Crippen MR) is 80.5 cm³/mol. The molecule has 1 N–H and O–H groups in total. The van der Waals surface area contributed by atoms with E-state index in [1.807, 2.05) is 67.5 Å². The molecule has 0 saturated heterocycles. The zero-order chi connectivity index (χ0) is 13.8. The Morgan fingerprint density at radius 3 is 2.21 bits per heavy atom. The third-order valence-electron chi connectivity index (χ3n) is 2.97. The molecule has 2 rings (SSSR count). The number of hydrogen-bond donors (Lipinski definition) is 1. The predicted octanol–water partition coefficient (Wildman–Crippen LogP) is 3.70. The number of anilines is 3. The van der Waals surface area contributed by atoms with Gasteiger partial charge in [-0.1, -0.05) is 12.1 Å². The molecule has 19 heavy (non-hydrogen) atoms. The Labute approximate surface area is 113 Å². The van der Waals surface area contributed by atoms with E-state index in [0.29, 0.717) is 5.56 Å². The highest BCUT2D eigenvalue weighted by molar-refractivity contribution is 6.00. The molecule has 2 aromatic rings. The maximum atomic E-state index is 11.6. The largest absolute Gasteiger partial charge is 0.378 e. The van der Waals surface area contributed by atoms with Gasteiger partial charge in [0.05, 0.1) is 0 Å². The van der Waals surface area contributed by atoms with Crippen LogP contribution in [0.15, 0.2) is 48.5 Å². The van der Waals surface area contributed by atoms with E-state index >= 15 is 0 Å². The van der Waals surface area contributed by atoms with Crippen molar-refractivity contribution in [1.82, 2.24) is 0 Å². The third kappa shape index (κ3) is 3.13. The summed E-state index contributed by atoms with van der Waals surface area (Å²) >= 11 is 0. The summed E-state index contributed by atoms with van der Waals surface area (Å²) in [5.74, 6) is 0.0630. The van der Waals surface area contributed by atoms with Gasteiger partial charge in [0, 0.05) is 36.7 Å². The van der Waals surface area contributed by atoms with E-state index in [0.717, 1.165) is 17.1 Å². The first-order chi connectivity index (χ1) is 9.08. The lowest BCUT2D eigenvalue weighted by Crippen LogP contribution is -2.08. The minimum absolute atomic E-state index is 0.0630. The van der Waals surface area contributed by atoms with Crippen LogP contribution in [0.4, 0.5) is 17.1 Å². The van der Waals surface area contributed by atoms with Gasteiger partial charge in [0.1, 0.15) is 0 Å². The number of carbonyl (C=O) groups excluding carboxylic acids is 1. The normalized spacial score (nSPS) is 10.1. The van der Waals surface area contributed by atoms with Gasteiger partial charge in [-0.25, -0.2) is 0 Å². The quantitative estimate of drug-likeness (QED) is 0.844. The van der Waals surface area contributed by atoms with Gasteiger partial charge in [0.15, 0.2) is 5.78 Å². The molecule has 0 aliphatic carbocycles. The standard InChI is InChI=1S/C16H18N2O/c1-12(19)15-6-4-5-7-16(15)17-13-8-10-14(11-9-13)18(2)3/h4-11,17H,1-3H3. The fourth-order valence-electron chi connectivity index (χ4n) is 1.90. The molecule has 0 saturated carbocycles. The SMILES string of the molecule is CC(=O)c1ccccc1Nc1ccc(N(C)C)cc1. The molecular weight excluding hydrogens is 236 g/mol. The topological polar surface area (TPSA) is 32.3 Å². The molecular formula is C16H18N2O. The molecule has 3 heteroatoms. The van der Waals surface area contributed by atoms with Crippen LogP contribution in [0, 0.1) is 0 Å². The maximum Gasteiger partial charge on any atom is 0.161 e. The molecule has 3 nitrogen and oxygen atoms in total. The molecule has 0 unspecified atom stereocenters. The summed E-state index contributed by atoms with van der Waals surface area (Å²) < 4.78 is 0. The molecule has 0 spiro atoms. The van der Waals surface area contributed by atoms with Crippen molar-refractivity contribution in [2.75, 3.05) is 24.3 Å². The van der Waals surface area contributed by atoms with Crippen molar-refractivity contribution in [3.05, 3.63) is 54.1 Å². The summed E-state index contributed by atoms with van der Waals surface area (Å²) in [6.07, 6.45) is 0. The van der Waals surface area contributed by atoms with Crippen LogP contribution in [0.2, 0.25) is 0 Å². The van der Waals surface area contributed by atoms with Crippen LogP contribution < -0.4 is 10.2 Å². The summed E-state index contributed by atoms with van der Waals surface area (Å²) in [7, 11) is 4.01. The van der Waals surface area contributed by atoms with Crippen LogP contribution in [0.25, 0.3) is 0 Å².